The Bertz CT molecular complexity index is 962. The van der Waals surface area contributed by atoms with Crippen LogP contribution in [0.4, 0.5) is 4.79 Å². The number of fused-ring (bicyclic) bond motifs is 3. The van der Waals surface area contributed by atoms with Crippen molar-refractivity contribution in [3.05, 3.63) is 59.7 Å². The lowest BCUT2D eigenvalue weighted by atomic mass is 9.98. The van der Waals surface area contributed by atoms with Crippen LogP contribution in [0.2, 0.25) is 0 Å². The number of hydrogen-bond donors (Lipinski definition) is 3. The van der Waals surface area contributed by atoms with Crippen molar-refractivity contribution in [3.8, 4) is 11.1 Å². The van der Waals surface area contributed by atoms with E-state index in [1.807, 2.05) is 55.4 Å². The van der Waals surface area contributed by atoms with Crippen molar-refractivity contribution in [1.82, 2.24) is 15.5 Å². The summed E-state index contributed by atoms with van der Waals surface area (Å²) >= 11 is 0. The first-order valence-corrected chi connectivity index (χ1v) is 11.1. The summed E-state index contributed by atoms with van der Waals surface area (Å²) in [5.41, 5.74) is 4.46. The molecular weight excluding hydrogens is 422 g/mol. The Kier molecular flexibility index (Phi) is 8.06. The molecule has 2 aromatic carbocycles. The molecule has 0 bridgehead atoms. The molecule has 176 valence electrons. The van der Waals surface area contributed by atoms with E-state index in [1.165, 1.54) is 0 Å². The zero-order valence-electron chi connectivity index (χ0n) is 19.2. The van der Waals surface area contributed by atoms with E-state index in [1.54, 1.807) is 6.92 Å². The van der Waals surface area contributed by atoms with Gasteiger partial charge < -0.3 is 25.4 Å². The van der Waals surface area contributed by atoms with Gasteiger partial charge in [0.25, 0.3) is 0 Å². The summed E-state index contributed by atoms with van der Waals surface area (Å²) in [5.74, 6) is -1.74. The second-order valence-corrected chi connectivity index (χ2v) is 8.42. The Labute approximate surface area is 193 Å². The lowest BCUT2D eigenvalue weighted by Crippen LogP contribution is -2.52. The van der Waals surface area contributed by atoms with Gasteiger partial charge in [-0.3, -0.25) is 4.79 Å². The second kappa shape index (κ2) is 11.0. The monoisotopic (exact) mass is 453 g/mol. The maximum absolute atomic E-state index is 12.6. The Balaban J connectivity index is 1.59. The minimum Gasteiger partial charge on any atom is -0.480 e. The molecule has 2 atom stereocenters. The smallest absolute Gasteiger partial charge is 0.407 e. The van der Waals surface area contributed by atoms with E-state index >= 15 is 0 Å². The molecule has 3 N–H and O–H groups in total. The molecule has 0 aromatic heterocycles. The fourth-order valence-corrected chi connectivity index (χ4v) is 4.05. The molecule has 0 spiro atoms. The van der Waals surface area contributed by atoms with Gasteiger partial charge in [-0.15, -0.1) is 0 Å². The molecule has 3 rings (SSSR count). The molecular formula is C25H31N3O5. The maximum atomic E-state index is 12.6. The van der Waals surface area contributed by atoms with Crippen LogP contribution < -0.4 is 10.6 Å². The summed E-state index contributed by atoms with van der Waals surface area (Å²) in [6, 6.07) is 14.2. The summed E-state index contributed by atoms with van der Waals surface area (Å²) in [5, 5.41) is 14.5. The van der Waals surface area contributed by atoms with Crippen LogP contribution in [0.5, 0.6) is 0 Å². The van der Waals surface area contributed by atoms with Crippen LogP contribution in [0.15, 0.2) is 48.5 Å². The summed E-state index contributed by atoms with van der Waals surface area (Å²) in [4.78, 5) is 38.4. The quantitative estimate of drug-likeness (QED) is 0.511. The zero-order chi connectivity index (χ0) is 24.0. The first-order chi connectivity index (χ1) is 15.8. The molecule has 1 aliphatic rings. The van der Waals surface area contributed by atoms with Gasteiger partial charge >= 0.3 is 12.1 Å². The Morgan fingerprint density at radius 3 is 2.06 bits per heavy atom. The number of carbonyl (C=O) groups excluding carboxylic acids is 2. The molecule has 0 saturated carbocycles. The van der Waals surface area contributed by atoms with Crippen molar-refractivity contribution >= 4 is 18.0 Å². The lowest BCUT2D eigenvalue weighted by Gasteiger charge is -2.22. The second-order valence-electron chi connectivity index (χ2n) is 8.42. The Morgan fingerprint density at radius 1 is 0.970 bits per heavy atom. The third kappa shape index (κ3) is 5.90. The highest BCUT2D eigenvalue weighted by Crippen LogP contribution is 2.44. The third-order valence-electron chi connectivity index (χ3n) is 5.84. The number of nitrogens with one attached hydrogen (secondary N) is 2. The molecule has 0 aliphatic heterocycles. The highest BCUT2D eigenvalue weighted by Gasteiger charge is 2.30. The average Bonchev–Trinajstić information content (AvgIpc) is 3.12. The predicted molar refractivity (Wildman–Crippen MR) is 125 cm³/mol. The molecule has 0 heterocycles. The number of amides is 2. The van der Waals surface area contributed by atoms with Crippen LogP contribution in [0.1, 0.15) is 36.8 Å². The summed E-state index contributed by atoms with van der Waals surface area (Å²) in [6.45, 7) is 2.38. The van der Waals surface area contributed by atoms with E-state index in [0.717, 1.165) is 22.3 Å². The minimum absolute atomic E-state index is 0.0838. The number of carboxylic acids is 1. The van der Waals surface area contributed by atoms with E-state index in [2.05, 4.69) is 22.8 Å². The Hall–Kier alpha value is -3.39. The first kappa shape index (κ1) is 24.3. The molecule has 33 heavy (non-hydrogen) atoms. The number of hydrogen-bond acceptors (Lipinski definition) is 5. The van der Waals surface area contributed by atoms with E-state index in [4.69, 9.17) is 4.74 Å². The Morgan fingerprint density at radius 2 is 1.55 bits per heavy atom. The number of nitrogens with zero attached hydrogens (tertiary/aromatic N) is 1. The number of carboxylic acid groups (broad SMARTS) is 1. The van der Waals surface area contributed by atoms with Gasteiger partial charge in [0.1, 0.15) is 18.7 Å². The predicted octanol–water partition coefficient (Wildman–Crippen LogP) is 2.82. The molecule has 8 heteroatoms. The van der Waals surface area contributed by atoms with Gasteiger partial charge in [0, 0.05) is 12.5 Å². The van der Waals surface area contributed by atoms with Crippen molar-refractivity contribution in [2.24, 2.45) is 0 Å². The maximum Gasteiger partial charge on any atom is 0.407 e. The van der Waals surface area contributed by atoms with Gasteiger partial charge in [-0.25, -0.2) is 9.59 Å². The van der Waals surface area contributed by atoms with Crippen molar-refractivity contribution in [1.29, 1.82) is 0 Å². The first-order valence-electron chi connectivity index (χ1n) is 11.1. The van der Waals surface area contributed by atoms with Crippen molar-refractivity contribution in [2.75, 3.05) is 27.2 Å². The van der Waals surface area contributed by atoms with Crippen molar-refractivity contribution in [3.63, 3.8) is 0 Å². The molecule has 0 saturated heterocycles. The fourth-order valence-electron chi connectivity index (χ4n) is 4.05. The molecule has 8 nitrogen and oxygen atoms in total. The van der Waals surface area contributed by atoms with E-state index < -0.39 is 30.1 Å². The normalized spacial score (nSPS) is 14.2. The third-order valence-corrected chi connectivity index (χ3v) is 5.84. The highest BCUT2D eigenvalue weighted by atomic mass is 16.5. The van der Waals surface area contributed by atoms with Gasteiger partial charge in [-0.05, 0) is 49.2 Å². The average molecular weight is 454 g/mol. The molecule has 0 fully saturated rings. The molecule has 1 unspecified atom stereocenters. The van der Waals surface area contributed by atoms with Crippen LogP contribution in [0.3, 0.4) is 0 Å². The van der Waals surface area contributed by atoms with Gasteiger partial charge in [0.15, 0.2) is 0 Å². The number of benzene rings is 2. The van der Waals surface area contributed by atoms with Gasteiger partial charge in [-0.2, -0.15) is 0 Å². The minimum atomic E-state index is -1.11. The summed E-state index contributed by atoms with van der Waals surface area (Å²) in [6.07, 6.45) is -0.148. The lowest BCUT2D eigenvalue weighted by molar-refractivity contribution is -0.142. The molecule has 2 aromatic rings. The van der Waals surface area contributed by atoms with Crippen LogP contribution in [-0.2, 0) is 14.3 Å². The van der Waals surface area contributed by atoms with Crippen LogP contribution in [0.25, 0.3) is 11.1 Å². The van der Waals surface area contributed by atoms with Crippen LogP contribution in [-0.4, -0.2) is 67.3 Å². The number of rotatable bonds is 10. The number of ether oxygens (including phenoxy) is 1. The number of carbonyl (C=O) groups is 3. The molecule has 0 radical (unpaired) electrons. The van der Waals surface area contributed by atoms with E-state index in [-0.39, 0.29) is 18.9 Å². The summed E-state index contributed by atoms with van der Waals surface area (Å²) in [7, 11) is 3.66. The van der Waals surface area contributed by atoms with Gasteiger partial charge in [-0.1, -0.05) is 55.5 Å². The van der Waals surface area contributed by atoms with Crippen molar-refractivity contribution in [2.45, 2.75) is 37.8 Å². The topological polar surface area (TPSA) is 108 Å². The fraction of sp³-hybridized carbons (Fsp3) is 0.400. The number of alkyl carbamates (subject to hydrolysis) is 1. The highest BCUT2D eigenvalue weighted by molar-refractivity contribution is 5.89. The van der Waals surface area contributed by atoms with Crippen molar-refractivity contribution < 1.29 is 24.2 Å². The SMILES string of the molecule is CC[C@H](NC(=O)OCC1c2ccccc2-c2ccccc21)C(=O)NC(CCN(C)C)C(=O)O. The zero-order valence-corrected chi connectivity index (χ0v) is 19.2. The van der Waals surface area contributed by atoms with Gasteiger partial charge in [0.05, 0.1) is 0 Å². The summed E-state index contributed by atoms with van der Waals surface area (Å²) < 4.78 is 5.50. The van der Waals surface area contributed by atoms with Crippen LogP contribution in [0, 0.1) is 0 Å². The largest absolute Gasteiger partial charge is 0.480 e. The number of aliphatic carboxylic acids is 1. The van der Waals surface area contributed by atoms with E-state index in [9.17, 15) is 19.5 Å². The van der Waals surface area contributed by atoms with Crippen LogP contribution >= 0.6 is 0 Å². The molecule has 2 amide bonds. The van der Waals surface area contributed by atoms with Gasteiger partial charge in [0.2, 0.25) is 5.91 Å². The standard InChI is InChI=1S/C25H31N3O5/c1-4-21(23(29)26-22(24(30)31)13-14-28(2)3)27-25(32)33-15-20-18-11-7-5-9-16(18)17-10-6-8-12-19(17)20/h5-12,20-22H,4,13-15H2,1-3H3,(H,26,29)(H,27,32)(H,30,31)/t21-,22?/m0/s1. The van der Waals surface area contributed by atoms with E-state index in [0.29, 0.717) is 13.0 Å². The molecule has 1 aliphatic carbocycles.